The smallest absolute Gasteiger partial charge is 0.239 e. The van der Waals surface area contributed by atoms with Crippen molar-refractivity contribution in [1.29, 1.82) is 0 Å². The van der Waals surface area contributed by atoms with Gasteiger partial charge in [0.05, 0.1) is 4.75 Å². The van der Waals surface area contributed by atoms with Gasteiger partial charge in [-0.1, -0.05) is 18.6 Å². The maximum atomic E-state index is 12.1. The second-order valence-electron chi connectivity index (χ2n) is 7.93. The van der Waals surface area contributed by atoms with Crippen molar-refractivity contribution in [2.24, 2.45) is 0 Å². The van der Waals surface area contributed by atoms with Crippen LogP contribution in [0.25, 0.3) is 0 Å². The number of hydrogen-bond acceptors (Lipinski definition) is 4. The van der Waals surface area contributed by atoms with Gasteiger partial charge in [-0.15, -0.1) is 0 Å². The van der Waals surface area contributed by atoms with Crippen molar-refractivity contribution in [3.63, 3.8) is 0 Å². The van der Waals surface area contributed by atoms with Crippen LogP contribution >= 0.6 is 0 Å². The lowest BCUT2D eigenvalue weighted by molar-refractivity contribution is -0.113. The summed E-state index contributed by atoms with van der Waals surface area (Å²) in [5.74, 6) is -0.990. The summed E-state index contributed by atoms with van der Waals surface area (Å²) in [7, 11) is -3.47. The summed E-state index contributed by atoms with van der Waals surface area (Å²) < 4.78 is 23.3. The van der Waals surface area contributed by atoms with E-state index in [1.165, 1.54) is 24.8 Å². The number of likely N-dealkylation sites (tertiary alicyclic amines) is 1. The van der Waals surface area contributed by atoms with Crippen LogP contribution in [0.3, 0.4) is 0 Å². The van der Waals surface area contributed by atoms with E-state index < -0.39 is 26.2 Å². The normalized spacial score (nSPS) is 19.6. The predicted molar refractivity (Wildman–Crippen MR) is 102 cm³/mol. The zero-order valence-electron chi connectivity index (χ0n) is 15.7. The number of piperidine rings is 1. The summed E-state index contributed by atoms with van der Waals surface area (Å²) in [5.41, 5.74) is 1.83. The maximum absolute atomic E-state index is 12.1. The van der Waals surface area contributed by atoms with Crippen LogP contribution in [0.4, 0.5) is 5.69 Å². The molecule has 1 heterocycles. The quantitative estimate of drug-likeness (QED) is 0.869. The molecule has 1 saturated heterocycles. The zero-order valence-corrected chi connectivity index (χ0v) is 16.5. The van der Waals surface area contributed by atoms with Crippen molar-refractivity contribution in [3.05, 3.63) is 29.8 Å². The number of carbonyl (C=O) groups excluding carboxylic acids is 1. The van der Waals surface area contributed by atoms with Gasteiger partial charge < -0.3 is 5.32 Å². The number of carbonyl (C=O) groups is 1. The van der Waals surface area contributed by atoms with Crippen LogP contribution in [-0.2, 0) is 21.2 Å². The number of hydrogen-bond donors (Lipinski definition) is 1. The van der Waals surface area contributed by atoms with E-state index in [1.807, 2.05) is 24.3 Å². The van der Waals surface area contributed by atoms with Gasteiger partial charge in [0, 0.05) is 18.3 Å². The Kier molecular flexibility index (Phi) is 6.27. The predicted octanol–water partition coefficient (Wildman–Crippen LogP) is 3.21. The van der Waals surface area contributed by atoms with Gasteiger partial charge in [-0.05, 0) is 64.8 Å². The molecule has 0 saturated carbocycles. The van der Waals surface area contributed by atoms with E-state index in [1.54, 1.807) is 20.8 Å². The van der Waals surface area contributed by atoms with E-state index in [2.05, 4.69) is 17.1 Å². The number of sulfone groups is 1. The van der Waals surface area contributed by atoms with Crippen molar-refractivity contribution in [2.45, 2.75) is 64.3 Å². The Morgan fingerprint density at radius 1 is 1.20 bits per heavy atom. The second-order valence-corrected chi connectivity index (χ2v) is 10.7. The van der Waals surface area contributed by atoms with Crippen molar-refractivity contribution < 1.29 is 13.2 Å². The van der Waals surface area contributed by atoms with Crippen LogP contribution in [0.15, 0.2) is 24.3 Å². The van der Waals surface area contributed by atoms with E-state index in [-0.39, 0.29) is 0 Å². The molecule has 1 N–H and O–H groups in total. The minimum atomic E-state index is -3.47. The highest BCUT2D eigenvalue weighted by Crippen LogP contribution is 2.20. The van der Waals surface area contributed by atoms with Gasteiger partial charge in [0.15, 0.2) is 9.84 Å². The van der Waals surface area contributed by atoms with E-state index in [0.29, 0.717) is 11.7 Å². The van der Waals surface area contributed by atoms with Gasteiger partial charge in [-0.2, -0.15) is 0 Å². The van der Waals surface area contributed by atoms with Gasteiger partial charge in [-0.3, -0.25) is 9.69 Å². The summed E-state index contributed by atoms with van der Waals surface area (Å²) in [6.45, 7) is 9.12. The summed E-state index contributed by atoms with van der Waals surface area (Å²) in [4.78, 5) is 14.5. The minimum absolute atomic E-state index is 0.493. The SMILES string of the molecule is C[C@H]1CCCCN1Cc1ccc(NC(=O)CS(=O)(=O)C(C)(C)C)cc1. The van der Waals surface area contributed by atoms with Crippen LogP contribution < -0.4 is 5.32 Å². The summed E-state index contributed by atoms with van der Waals surface area (Å²) in [6, 6.07) is 8.28. The molecule has 1 aliphatic rings. The molecule has 1 aliphatic heterocycles. The van der Waals surface area contributed by atoms with Gasteiger partial charge >= 0.3 is 0 Å². The number of nitrogens with one attached hydrogen (secondary N) is 1. The van der Waals surface area contributed by atoms with Crippen LogP contribution in [-0.4, -0.2) is 42.3 Å². The molecule has 0 bridgehead atoms. The molecule has 2 rings (SSSR count). The highest BCUT2D eigenvalue weighted by Gasteiger charge is 2.31. The first-order chi connectivity index (χ1) is 11.6. The largest absolute Gasteiger partial charge is 0.325 e. The average Bonchev–Trinajstić information content (AvgIpc) is 2.50. The Balaban J connectivity index is 1.93. The van der Waals surface area contributed by atoms with Gasteiger partial charge in [0.1, 0.15) is 5.75 Å². The first-order valence-electron chi connectivity index (χ1n) is 8.93. The Morgan fingerprint density at radius 3 is 2.40 bits per heavy atom. The third-order valence-electron chi connectivity index (χ3n) is 4.82. The average molecular weight is 367 g/mol. The molecule has 0 unspecified atom stereocenters. The van der Waals surface area contributed by atoms with E-state index >= 15 is 0 Å². The fraction of sp³-hybridized carbons (Fsp3) is 0.632. The third kappa shape index (κ3) is 5.54. The Labute approximate surface area is 151 Å². The number of rotatable bonds is 5. The third-order valence-corrected chi connectivity index (χ3v) is 7.33. The van der Waals surface area contributed by atoms with E-state index in [9.17, 15) is 13.2 Å². The molecule has 6 heteroatoms. The number of anilines is 1. The zero-order chi connectivity index (χ0) is 18.7. The summed E-state index contributed by atoms with van der Waals surface area (Å²) in [6.07, 6.45) is 3.80. The number of benzene rings is 1. The number of amides is 1. The molecular formula is C19H30N2O3S. The standard InChI is InChI=1S/C19H30N2O3S/c1-15-7-5-6-12-21(15)13-16-8-10-17(11-9-16)20-18(22)14-25(23,24)19(2,3)4/h8-11,15H,5-7,12-14H2,1-4H3,(H,20,22)/t15-/m0/s1. The molecule has 0 radical (unpaired) electrons. The lowest BCUT2D eigenvalue weighted by Gasteiger charge is -2.33. The first-order valence-corrected chi connectivity index (χ1v) is 10.6. The van der Waals surface area contributed by atoms with Crippen LogP contribution in [0.2, 0.25) is 0 Å². The van der Waals surface area contributed by atoms with Crippen molar-refractivity contribution in [3.8, 4) is 0 Å². The van der Waals surface area contributed by atoms with E-state index in [4.69, 9.17) is 0 Å². The molecule has 5 nitrogen and oxygen atoms in total. The Hall–Kier alpha value is -1.40. The fourth-order valence-electron chi connectivity index (χ4n) is 2.91. The van der Waals surface area contributed by atoms with Gasteiger partial charge in [0.2, 0.25) is 5.91 Å². The Bertz CT molecular complexity index is 690. The minimum Gasteiger partial charge on any atom is -0.325 e. The molecule has 140 valence electrons. The highest BCUT2D eigenvalue weighted by molar-refractivity contribution is 7.93. The summed E-state index contributed by atoms with van der Waals surface area (Å²) in [5, 5.41) is 2.68. The molecule has 1 fully saturated rings. The monoisotopic (exact) mass is 366 g/mol. The molecule has 0 aromatic heterocycles. The van der Waals surface area contributed by atoms with Gasteiger partial charge in [0.25, 0.3) is 0 Å². The van der Waals surface area contributed by atoms with E-state index in [0.717, 1.165) is 13.1 Å². The molecule has 0 aliphatic carbocycles. The molecule has 1 aromatic rings. The topological polar surface area (TPSA) is 66.5 Å². The molecule has 0 spiro atoms. The first kappa shape index (κ1) is 19.9. The number of nitrogens with zero attached hydrogens (tertiary/aromatic N) is 1. The summed E-state index contributed by atoms with van der Waals surface area (Å²) >= 11 is 0. The highest BCUT2D eigenvalue weighted by atomic mass is 32.2. The fourth-order valence-corrected chi connectivity index (χ4v) is 3.76. The molecule has 1 atom stereocenters. The molecule has 1 aromatic carbocycles. The molecule has 1 amide bonds. The van der Waals surface area contributed by atoms with Gasteiger partial charge in [-0.25, -0.2) is 8.42 Å². The lowest BCUT2D eigenvalue weighted by Crippen LogP contribution is -2.36. The Morgan fingerprint density at radius 2 is 1.84 bits per heavy atom. The van der Waals surface area contributed by atoms with Crippen LogP contribution in [0.1, 0.15) is 52.5 Å². The lowest BCUT2D eigenvalue weighted by atomic mass is 10.0. The van der Waals surface area contributed by atoms with Crippen molar-refractivity contribution in [1.82, 2.24) is 4.90 Å². The van der Waals surface area contributed by atoms with Crippen molar-refractivity contribution in [2.75, 3.05) is 17.6 Å². The second kappa shape index (κ2) is 7.87. The molecule has 25 heavy (non-hydrogen) atoms. The van der Waals surface area contributed by atoms with Crippen molar-refractivity contribution >= 4 is 21.4 Å². The van der Waals surface area contributed by atoms with Crippen LogP contribution in [0.5, 0.6) is 0 Å². The maximum Gasteiger partial charge on any atom is 0.239 e. The molecular weight excluding hydrogens is 336 g/mol. The van der Waals surface area contributed by atoms with Crippen LogP contribution in [0, 0.1) is 0 Å².